The van der Waals surface area contributed by atoms with Crippen molar-refractivity contribution in [3.8, 4) is 0 Å². The number of hydrogen-bond acceptors (Lipinski definition) is 4. The lowest BCUT2D eigenvalue weighted by Crippen LogP contribution is -2.32. The highest BCUT2D eigenvalue weighted by Crippen LogP contribution is 2.24. The molecule has 9 heteroatoms. The number of nitrogens with one attached hydrogen (secondary N) is 1. The number of halogens is 4. The fraction of sp³-hybridized carbons (Fsp3) is 0.636. The summed E-state index contributed by atoms with van der Waals surface area (Å²) < 4.78 is 36.9. The van der Waals surface area contributed by atoms with Gasteiger partial charge in [-0.2, -0.15) is 30.0 Å². The van der Waals surface area contributed by atoms with Gasteiger partial charge in [-0.1, -0.05) is 11.6 Å². The third-order valence-electron chi connectivity index (χ3n) is 2.57. The molecule has 0 aliphatic heterocycles. The third-order valence-corrected chi connectivity index (χ3v) is 4.19. The molecule has 1 heterocycles. The van der Waals surface area contributed by atoms with E-state index in [0.29, 0.717) is 11.2 Å². The SMILES string of the molecule is CSC(C)(C)CNc1cnn(CC(F)(F)F)c(=O)c1Cl. The molecule has 0 amide bonds. The molecule has 0 aromatic carbocycles. The average Bonchev–Trinajstić information content (AvgIpc) is 2.33. The largest absolute Gasteiger partial charge is 0.408 e. The molecule has 20 heavy (non-hydrogen) atoms. The number of anilines is 1. The predicted octanol–water partition coefficient (Wildman–Crippen LogP) is 3.01. The monoisotopic (exact) mass is 329 g/mol. The van der Waals surface area contributed by atoms with Crippen molar-refractivity contribution >= 4 is 29.1 Å². The molecule has 0 aliphatic carbocycles. The third kappa shape index (κ3) is 4.90. The molecule has 0 radical (unpaired) electrons. The van der Waals surface area contributed by atoms with Crippen LogP contribution in [-0.4, -0.2) is 33.5 Å². The summed E-state index contributed by atoms with van der Waals surface area (Å²) in [7, 11) is 0. The molecule has 1 rings (SSSR count). The lowest BCUT2D eigenvalue weighted by atomic mass is 10.2. The van der Waals surface area contributed by atoms with Crippen molar-refractivity contribution in [1.29, 1.82) is 0 Å². The summed E-state index contributed by atoms with van der Waals surface area (Å²) in [6.45, 7) is 3.01. The zero-order valence-corrected chi connectivity index (χ0v) is 12.8. The quantitative estimate of drug-likeness (QED) is 0.902. The molecule has 1 aromatic heterocycles. The first-order valence-electron chi connectivity index (χ1n) is 5.67. The molecule has 0 atom stereocenters. The van der Waals surface area contributed by atoms with Gasteiger partial charge in [-0.05, 0) is 20.1 Å². The average molecular weight is 330 g/mol. The molecule has 114 valence electrons. The Bertz CT molecular complexity index is 531. The standard InChI is InChI=1S/C11H15ClF3N3OS/c1-10(2,20-3)5-16-7-4-17-18(6-11(13,14)15)9(19)8(7)12/h4,16H,5-6H2,1-3H3. The number of aromatic nitrogens is 2. The van der Waals surface area contributed by atoms with Crippen LogP contribution in [0.25, 0.3) is 0 Å². The number of thioether (sulfide) groups is 1. The van der Waals surface area contributed by atoms with E-state index >= 15 is 0 Å². The summed E-state index contributed by atoms with van der Waals surface area (Å²) >= 11 is 7.40. The van der Waals surface area contributed by atoms with Gasteiger partial charge < -0.3 is 5.32 Å². The molecular formula is C11H15ClF3N3OS. The van der Waals surface area contributed by atoms with Gasteiger partial charge >= 0.3 is 6.18 Å². The van der Waals surface area contributed by atoms with Gasteiger partial charge in [0, 0.05) is 11.3 Å². The van der Waals surface area contributed by atoms with Crippen molar-refractivity contribution in [3.05, 3.63) is 21.6 Å². The molecule has 0 bridgehead atoms. The van der Waals surface area contributed by atoms with Crippen LogP contribution in [-0.2, 0) is 6.54 Å². The van der Waals surface area contributed by atoms with Crippen molar-refractivity contribution in [1.82, 2.24) is 9.78 Å². The van der Waals surface area contributed by atoms with Crippen LogP contribution in [0, 0.1) is 0 Å². The van der Waals surface area contributed by atoms with E-state index in [9.17, 15) is 18.0 Å². The number of alkyl halides is 3. The fourth-order valence-electron chi connectivity index (χ4n) is 1.25. The van der Waals surface area contributed by atoms with Crippen molar-refractivity contribution in [2.24, 2.45) is 0 Å². The molecule has 0 saturated heterocycles. The summed E-state index contributed by atoms with van der Waals surface area (Å²) in [5.41, 5.74) is -0.729. The zero-order valence-electron chi connectivity index (χ0n) is 11.2. The first-order chi connectivity index (χ1) is 9.06. The van der Waals surface area contributed by atoms with Crippen LogP contribution in [0.1, 0.15) is 13.8 Å². The van der Waals surface area contributed by atoms with Crippen LogP contribution < -0.4 is 10.9 Å². The summed E-state index contributed by atoms with van der Waals surface area (Å²) in [6.07, 6.45) is -1.45. The predicted molar refractivity (Wildman–Crippen MR) is 75.6 cm³/mol. The maximum atomic E-state index is 12.2. The van der Waals surface area contributed by atoms with E-state index in [1.165, 1.54) is 0 Å². The highest BCUT2D eigenvalue weighted by atomic mass is 35.5. The number of rotatable bonds is 5. The van der Waals surface area contributed by atoms with Gasteiger partial charge in [0.2, 0.25) is 0 Å². The summed E-state index contributed by atoms with van der Waals surface area (Å²) in [6, 6.07) is 0. The summed E-state index contributed by atoms with van der Waals surface area (Å²) in [5.74, 6) is 0. The van der Waals surface area contributed by atoms with Crippen LogP contribution in [0.5, 0.6) is 0 Å². The fourth-order valence-corrected chi connectivity index (χ4v) is 1.68. The van der Waals surface area contributed by atoms with E-state index in [-0.39, 0.29) is 15.5 Å². The van der Waals surface area contributed by atoms with Crippen molar-refractivity contribution < 1.29 is 13.2 Å². The molecule has 0 spiro atoms. The Morgan fingerprint density at radius 1 is 1.45 bits per heavy atom. The van der Waals surface area contributed by atoms with Crippen LogP contribution >= 0.6 is 23.4 Å². The second-order valence-corrected chi connectivity index (χ2v) is 6.66. The molecule has 0 aliphatic rings. The Labute approximate surface area is 123 Å². The second-order valence-electron chi connectivity index (χ2n) is 4.77. The zero-order chi connectivity index (χ0) is 15.6. The van der Waals surface area contributed by atoms with E-state index in [1.54, 1.807) is 11.8 Å². The normalized spacial score (nSPS) is 12.6. The van der Waals surface area contributed by atoms with Gasteiger partial charge in [-0.25, -0.2) is 4.68 Å². The van der Waals surface area contributed by atoms with Crippen molar-refractivity contribution in [2.45, 2.75) is 31.3 Å². The number of nitrogens with zero attached hydrogens (tertiary/aromatic N) is 2. The Kier molecular flexibility index (Phi) is 5.37. The van der Waals surface area contributed by atoms with Crippen LogP contribution in [0.3, 0.4) is 0 Å². The molecule has 0 fully saturated rings. The molecular weight excluding hydrogens is 315 g/mol. The molecule has 4 nitrogen and oxygen atoms in total. The van der Waals surface area contributed by atoms with Crippen LogP contribution in [0.2, 0.25) is 5.02 Å². The van der Waals surface area contributed by atoms with E-state index in [1.807, 2.05) is 20.1 Å². The minimum absolute atomic E-state index is 0.107. The second kappa shape index (κ2) is 6.26. The lowest BCUT2D eigenvalue weighted by Gasteiger charge is -2.23. The molecule has 1 aromatic rings. The van der Waals surface area contributed by atoms with Crippen molar-refractivity contribution in [3.63, 3.8) is 0 Å². The lowest BCUT2D eigenvalue weighted by molar-refractivity contribution is -0.143. The van der Waals surface area contributed by atoms with Gasteiger partial charge in [-0.15, -0.1) is 0 Å². The smallest absolute Gasteiger partial charge is 0.381 e. The van der Waals surface area contributed by atoms with Crippen molar-refractivity contribution in [2.75, 3.05) is 18.1 Å². The molecule has 0 saturated carbocycles. The highest BCUT2D eigenvalue weighted by molar-refractivity contribution is 7.99. The maximum Gasteiger partial charge on any atom is 0.408 e. The first kappa shape index (κ1) is 17.2. The van der Waals surface area contributed by atoms with E-state index in [0.717, 1.165) is 6.20 Å². The first-order valence-corrected chi connectivity index (χ1v) is 7.27. The van der Waals surface area contributed by atoms with Gasteiger partial charge in [0.15, 0.2) is 0 Å². The Balaban J connectivity index is 2.93. The van der Waals surface area contributed by atoms with Gasteiger partial charge in [0.25, 0.3) is 5.56 Å². The minimum Gasteiger partial charge on any atom is -0.381 e. The summed E-state index contributed by atoms with van der Waals surface area (Å²) in [4.78, 5) is 11.7. The Morgan fingerprint density at radius 2 is 2.05 bits per heavy atom. The van der Waals surface area contributed by atoms with Gasteiger partial charge in [0.05, 0.1) is 11.9 Å². The maximum absolute atomic E-state index is 12.2. The Morgan fingerprint density at radius 3 is 2.55 bits per heavy atom. The topological polar surface area (TPSA) is 46.9 Å². The summed E-state index contributed by atoms with van der Waals surface area (Å²) in [5, 5.41) is 6.12. The highest BCUT2D eigenvalue weighted by Gasteiger charge is 2.29. The van der Waals surface area contributed by atoms with Gasteiger partial charge in [-0.3, -0.25) is 4.79 Å². The van der Waals surface area contributed by atoms with E-state index < -0.39 is 18.3 Å². The van der Waals surface area contributed by atoms with E-state index in [4.69, 9.17) is 11.6 Å². The molecule has 1 N–H and O–H groups in total. The van der Waals surface area contributed by atoms with Crippen LogP contribution in [0.4, 0.5) is 18.9 Å². The van der Waals surface area contributed by atoms with Crippen LogP contribution in [0.15, 0.2) is 11.0 Å². The number of hydrogen-bond donors (Lipinski definition) is 1. The minimum atomic E-state index is -4.52. The van der Waals surface area contributed by atoms with Gasteiger partial charge in [0.1, 0.15) is 11.6 Å². The van der Waals surface area contributed by atoms with E-state index in [2.05, 4.69) is 10.4 Å². The Hall–Kier alpha value is -0.890. The molecule has 0 unspecified atom stereocenters.